The van der Waals surface area contributed by atoms with Gasteiger partial charge in [0, 0.05) is 13.1 Å². The van der Waals surface area contributed by atoms with Gasteiger partial charge in [0.25, 0.3) is 0 Å². The van der Waals surface area contributed by atoms with Crippen molar-refractivity contribution in [2.24, 2.45) is 5.41 Å². The molecule has 1 saturated carbocycles. The van der Waals surface area contributed by atoms with E-state index in [1.54, 1.807) is 24.3 Å². The van der Waals surface area contributed by atoms with Crippen LogP contribution in [-0.4, -0.2) is 30.9 Å². The van der Waals surface area contributed by atoms with E-state index in [-0.39, 0.29) is 6.61 Å². The van der Waals surface area contributed by atoms with Gasteiger partial charge in [0.15, 0.2) is 0 Å². The van der Waals surface area contributed by atoms with Crippen molar-refractivity contribution in [3.05, 3.63) is 29.8 Å². The summed E-state index contributed by atoms with van der Waals surface area (Å²) in [5, 5.41) is 22.0. The third-order valence-corrected chi connectivity index (χ3v) is 3.90. The van der Waals surface area contributed by atoms with E-state index in [2.05, 4.69) is 18.3 Å². The van der Waals surface area contributed by atoms with Gasteiger partial charge in [-0.05, 0) is 36.5 Å². The average Bonchev–Trinajstić information content (AvgIpc) is 2.43. The fraction of sp³-hybridized carbons (Fsp3) is 0.562. The molecule has 1 aromatic carbocycles. The monoisotopic (exact) mass is 274 g/mol. The lowest BCUT2D eigenvalue weighted by molar-refractivity contribution is 0.0946. The van der Waals surface area contributed by atoms with E-state index in [1.165, 1.54) is 19.3 Å². The lowest BCUT2D eigenvalue weighted by atomic mass is 9.70. The van der Waals surface area contributed by atoms with E-state index in [1.807, 2.05) is 0 Å². The van der Waals surface area contributed by atoms with Crippen molar-refractivity contribution in [1.29, 1.82) is 5.26 Å². The van der Waals surface area contributed by atoms with Crippen LogP contribution in [0.15, 0.2) is 24.3 Å². The SMILES string of the molecule is CC1(CNCC(O)COc2cccc(C#N)c2)CCC1. The molecule has 0 aromatic heterocycles. The molecule has 1 aliphatic rings. The minimum absolute atomic E-state index is 0.235. The maximum Gasteiger partial charge on any atom is 0.120 e. The minimum atomic E-state index is -0.538. The summed E-state index contributed by atoms with van der Waals surface area (Å²) >= 11 is 0. The molecule has 0 spiro atoms. The highest BCUT2D eigenvalue weighted by Crippen LogP contribution is 2.39. The first kappa shape index (κ1) is 14.8. The molecule has 0 radical (unpaired) electrons. The zero-order valence-electron chi connectivity index (χ0n) is 11.9. The fourth-order valence-electron chi connectivity index (χ4n) is 2.40. The second-order valence-corrected chi connectivity index (χ2v) is 5.90. The van der Waals surface area contributed by atoms with Gasteiger partial charge in [-0.2, -0.15) is 5.26 Å². The van der Waals surface area contributed by atoms with Crippen LogP contribution in [0.25, 0.3) is 0 Å². The molecule has 1 fully saturated rings. The molecular weight excluding hydrogens is 252 g/mol. The maximum absolute atomic E-state index is 9.87. The molecule has 0 bridgehead atoms. The van der Waals surface area contributed by atoms with Crippen LogP contribution in [0.4, 0.5) is 0 Å². The Labute approximate surface area is 120 Å². The number of aliphatic hydroxyl groups is 1. The van der Waals surface area contributed by atoms with Crippen molar-refractivity contribution in [2.75, 3.05) is 19.7 Å². The van der Waals surface area contributed by atoms with E-state index >= 15 is 0 Å². The molecule has 4 heteroatoms. The van der Waals surface area contributed by atoms with Crippen LogP contribution in [0, 0.1) is 16.7 Å². The van der Waals surface area contributed by atoms with E-state index in [9.17, 15) is 5.11 Å². The average molecular weight is 274 g/mol. The van der Waals surface area contributed by atoms with E-state index in [0.717, 1.165) is 6.54 Å². The number of nitrogens with zero attached hydrogens (tertiary/aromatic N) is 1. The van der Waals surface area contributed by atoms with Crippen molar-refractivity contribution in [3.8, 4) is 11.8 Å². The lowest BCUT2D eigenvalue weighted by Crippen LogP contribution is -2.41. The number of nitriles is 1. The zero-order valence-corrected chi connectivity index (χ0v) is 11.9. The summed E-state index contributed by atoms with van der Waals surface area (Å²) < 4.78 is 5.49. The fourth-order valence-corrected chi connectivity index (χ4v) is 2.40. The van der Waals surface area contributed by atoms with Gasteiger partial charge in [-0.1, -0.05) is 19.4 Å². The Morgan fingerprint density at radius 3 is 2.95 bits per heavy atom. The topological polar surface area (TPSA) is 65.3 Å². The molecule has 2 N–H and O–H groups in total. The smallest absolute Gasteiger partial charge is 0.120 e. The quantitative estimate of drug-likeness (QED) is 0.799. The molecule has 0 saturated heterocycles. The Hall–Kier alpha value is -1.57. The number of aliphatic hydroxyl groups excluding tert-OH is 1. The molecule has 4 nitrogen and oxygen atoms in total. The summed E-state index contributed by atoms with van der Waals surface area (Å²) in [7, 11) is 0. The maximum atomic E-state index is 9.87. The second-order valence-electron chi connectivity index (χ2n) is 5.90. The van der Waals surface area contributed by atoms with Crippen LogP contribution in [0.5, 0.6) is 5.75 Å². The van der Waals surface area contributed by atoms with Crippen LogP contribution in [0.2, 0.25) is 0 Å². The van der Waals surface area contributed by atoms with Gasteiger partial charge >= 0.3 is 0 Å². The van der Waals surface area contributed by atoms with Crippen LogP contribution >= 0.6 is 0 Å². The molecular formula is C16H22N2O2. The molecule has 20 heavy (non-hydrogen) atoms. The van der Waals surface area contributed by atoms with E-state index < -0.39 is 6.10 Å². The molecule has 1 atom stereocenters. The standard InChI is InChI=1S/C16H22N2O2/c1-16(6-3-7-16)12-18-10-14(19)11-20-15-5-2-4-13(8-15)9-17/h2,4-5,8,14,18-19H,3,6-7,10-12H2,1H3. The molecule has 0 aliphatic heterocycles. The Morgan fingerprint density at radius 2 is 2.30 bits per heavy atom. The van der Waals surface area contributed by atoms with Gasteiger partial charge in [0.1, 0.15) is 18.5 Å². The van der Waals surface area contributed by atoms with Crippen molar-refractivity contribution < 1.29 is 9.84 Å². The zero-order chi connectivity index (χ0) is 14.4. The molecule has 1 aromatic rings. The number of nitrogens with one attached hydrogen (secondary N) is 1. The summed E-state index contributed by atoms with van der Waals surface area (Å²) in [6.45, 7) is 4.00. The molecule has 1 unspecified atom stereocenters. The number of benzene rings is 1. The van der Waals surface area contributed by atoms with Crippen molar-refractivity contribution >= 4 is 0 Å². The van der Waals surface area contributed by atoms with Gasteiger partial charge in [0.2, 0.25) is 0 Å². The van der Waals surface area contributed by atoms with Gasteiger partial charge in [-0.25, -0.2) is 0 Å². The van der Waals surface area contributed by atoms with Crippen LogP contribution in [0.3, 0.4) is 0 Å². The summed E-state index contributed by atoms with van der Waals surface area (Å²) in [4.78, 5) is 0. The predicted molar refractivity (Wildman–Crippen MR) is 77.5 cm³/mol. The first-order chi connectivity index (χ1) is 9.61. The normalized spacial score (nSPS) is 17.9. The Morgan fingerprint density at radius 1 is 1.50 bits per heavy atom. The first-order valence-electron chi connectivity index (χ1n) is 7.13. The summed E-state index contributed by atoms with van der Waals surface area (Å²) in [6, 6.07) is 9.03. The molecule has 108 valence electrons. The first-order valence-corrected chi connectivity index (χ1v) is 7.13. The Bertz CT molecular complexity index is 478. The number of ether oxygens (including phenoxy) is 1. The minimum Gasteiger partial charge on any atom is -0.491 e. The van der Waals surface area contributed by atoms with Crippen LogP contribution in [-0.2, 0) is 0 Å². The highest BCUT2D eigenvalue weighted by Gasteiger charge is 2.31. The van der Waals surface area contributed by atoms with Crippen LogP contribution in [0.1, 0.15) is 31.7 Å². The van der Waals surface area contributed by atoms with E-state index in [0.29, 0.717) is 23.3 Å². The van der Waals surface area contributed by atoms with Gasteiger partial charge in [-0.3, -0.25) is 0 Å². The number of rotatable bonds is 7. The van der Waals surface area contributed by atoms with Gasteiger partial charge < -0.3 is 15.2 Å². The number of hydrogen-bond donors (Lipinski definition) is 2. The molecule has 0 amide bonds. The van der Waals surface area contributed by atoms with Gasteiger partial charge in [0.05, 0.1) is 11.6 Å². The highest BCUT2D eigenvalue weighted by atomic mass is 16.5. The Kier molecular flexibility index (Phi) is 4.99. The van der Waals surface area contributed by atoms with Crippen LogP contribution < -0.4 is 10.1 Å². The summed E-state index contributed by atoms with van der Waals surface area (Å²) in [6.07, 6.45) is 3.32. The summed E-state index contributed by atoms with van der Waals surface area (Å²) in [5.41, 5.74) is 0.981. The van der Waals surface area contributed by atoms with Gasteiger partial charge in [-0.15, -0.1) is 0 Å². The molecule has 0 heterocycles. The molecule has 2 rings (SSSR count). The predicted octanol–water partition coefficient (Wildman–Crippen LogP) is 2.08. The second kappa shape index (κ2) is 6.74. The molecule has 1 aliphatic carbocycles. The van der Waals surface area contributed by atoms with Crippen molar-refractivity contribution in [1.82, 2.24) is 5.32 Å². The Balaban J connectivity index is 1.66. The van der Waals surface area contributed by atoms with Crippen molar-refractivity contribution in [3.63, 3.8) is 0 Å². The summed E-state index contributed by atoms with van der Waals surface area (Å²) in [5.74, 6) is 0.619. The van der Waals surface area contributed by atoms with E-state index in [4.69, 9.17) is 10.00 Å². The largest absolute Gasteiger partial charge is 0.491 e. The third kappa shape index (κ3) is 4.22. The number of hydrogen-bond acceptors (Lipinski definition) is 4. The van der Waals surface area contributed by atoms with Crippen molar-refractivity contribution in [2.45, 2.75) is 32.3 Å². The highest BCUT2D eigenvalue weighted by molar-refractivity contribution is 5.36. The lowest BCUT2D eigenvalue weighted by Gasteiger charge is -2.38. The third-order valence-electron chi connectivity index (χ3n) is 3.90.